The SMILES string of the molecule is COc1ccc(C=CC(=O)NCc2nnc(SCC(=O)Nc3nc(C)cs3)n2C)cc1OC. The zero-order valence-electron chi connectivity index (χ0n) is 18.6. The number of hydrogen-bond acceptors (Lipinski definition) is 9. The van der Waals surface area contributed by atoms with Crippen LogP contribution in [0.25, 0.3) is 6.08 Å². The normalized spacial score (nSPS) is 10.9. The van der Waals surface area contributed by atoms with Gasteiger partial charge < -0.3 is 24.7 Å². The summed E-state index contributed by atoms with van der Waals surface area (Å²) in [5.41, 5.74) is 1.66. The van der Waals surface area contributed by atoms with Crippen LogP contribution < -0.4 is 20.1 Å². The van der Waals surface area contributed by atoms with Crippen molar-refractivity contribution in [1.82, 2.24) is 25.1 Å². The Labute approximate surface area is 199 Å². The Hall–Kier alpha value is -3.38. The third-order valence-electron chi connectivity index (χ3n) is 4.38. The largest absolute Gasteiger partial charge is 0.493 e. The molecule has 0 spiro atoms. The molecule has 0 saturated carbocycles. The second kappa shape index (κ2) is 11.5. The molecule has 0 aliphatic carbocycles. The number of ether oxygens (including phenoxy) is 2. The third kappa shape index (κ3) is 6.80. The molecule has 0 radical (unpaired) electrons. The van der Waals surface area contributed by atoms with Gasteiger partial charge in [0.2, 0.25) is 11.8 Å². The molecule has 2 amide bonds. The average Bonchev–Trinajstić information content (AvgIpc) is 3.38. The van der Waals surface area contributed by atoms with Crippen molar-refractivity contribution in [3.63, 3.8) is 0 Å². The summed E-state index contributed by atoms with van der Waals surface area (Å²) in [6.07, 6.45) is 3.11. The van der Waals surface area contributed by atoms with Crippen molar-refractivity contribution in [2.45, 2.75) is 18.6 Å². The zero-order chi connectivity index (χ0) is 23.8. The van der Waals surface area contributed by atoms with Gasteiger partial charge in [0.15, 0.2) is 27.6 Å². The number of thioether (sulfide) groups is 1. The van der Waals surface area contributed by atoms with E-state index in [0.717, 1.165) is 11.3 Å². The number of nitrogens with one attached hydrogen (secondary N) is 2. The molecule has 0 unspecified atom stereocenters. The number of carbonyl (C=O) groups is 2. The minimum Gasteiger partial charge on any atom is -0.493 e. The molecule has 2 aromatic heterocycles. The van der Waals surface area contributed by atoms with Gasteiger partial charge in [0.05, 0.1) is 32.2 Å². The Bertz CT molecular complexity index is 1160. The molecular formula is C21H24N6O4S2. The van der Waals surface area contributed by atoms with E-state index in [0.29, 0.717) is 27.6 Å². The van der Waals surface area contributed by atoms with Crippen LogP contribution in [0.4, 0.5) is 5.13 Å². The van der Waals surface area contributed by atoms with Crippen molar-refractivity contribution in [1.29, 1.82) is 0 Å². The fourth-order valence-electron chi connectivity index (χ4n) is 2.68. The lowest BCUT2D eigenvalue weighted by molar-refractivity contribution is -0.116. The van der Waals surface area contributed by atoms with Crippen molar-refractivity contribution in [3.05, 3.63) is 46.7 Å². The summed E-state index contributed by atoms with van der Waals surface area (Å²) in [6.45, 7) is 2.07. The van der Waals surface area contributed by atoms with Crippen LogP contribution in [0.1, 0.15) is 17.1 Å². The molecule has 3 aromatic rings. The fourth-order valence-corrected chi connectivity index (χ4v) is 4.11. The van der Waals surface area contributed by atoms with Gasteiger partial charge in [-0.25, -0.2) is 4.98 Å². The third-order valence-corrected chi connectivity index (χ3v) is 6.27. The van der Waals surface area contributed by atoms with Gasteiger partial charge >= 0.3 is 0 Å². The van der Waals surface area contributed by atoms with Gasteiger partial charge in [0, 0.05) is 18.5 Å². The fraction of sp³-hybridized carbons (Fsp3) is 0.286. The second-order valence-electron chi connectivity index (χ2n) is 6.75. The minimum absolute atomic E-state index is 0.172. The number of rotatable bonds is 10. The summed E-state index contributed by atoms with van der Waals surface area (Å²) in [5.74, 6) is 1.49. The molecule has 3 rings (SSSR count). The lowest BCUT2D eigenvalue weighted by Gasteiger charge is -2.07. The van der Waals surface area contributed by atoms with Gasteiger partial charge in [0.1, 0.15) is 0 Å². The Morgan fingerprint density at radius 1 is 1.21 bits per heavy atom. The van der Waals surface area contributed by atoms with Crippen LogP contribution in [-0.2, 0) is 23.2 Å². The second-order valence-corrected chi connectivity index (χ2v) is 8.55. The number of hydrogen-bond donors (Lipinski definition) is 2. The number of amides is 2. The number of anilines is 1. The van der Waals surface area contributed by atoms with E-state index in [1.807, 2.05) is 18.4 Å². The van der Waals surface area contributed by atoms with Crippen LogP contribution in [0.5, 0.6) is 11.5 Å². The summed E-state index contributed by atoms with van der Waals surface area (Å²) >= 11 is 2.63. The van der Waals surface area contributed by atoms with E-state index in [-0.39, 0.29) is 24.1 Å². The predicted octanol–water partition coefficient (Wildman–Crippen LogP) is 2.66. The standard InChI is InChI=1S/C21H24N6O4S2/c1-13-11-32-20(23-13)24-19(29)12-33-21-26-25-17(27(21)2)10-22-18(28)8-6-14-5-7-15(30-3)16(9-14)31-4/h5-9,11H,10,12H2,1-4H3,(H,22,28)(H,23,24,29). The van der Waals surface area contributed by atoms with Crippen molar-refractivity contribution in [2.75, 3.05) is 25.3 Å². The van der Waals surface area contributed by atoms with Crippen LogP contribution in [0.15, 0.2) is 34.8 Å². The molecule has 2 N–H and O–H groups in total. The molecule has 0 aliphatic heterocycles. The molecule has 33 heavy (non-hydrogen) atoms. The van der Waals surface area contributed by atoms with Crippen LogP contribution in [0, 0.1) is 6.92 Å². The van der Waals surface area contributed by atoms with Crippen molar-refractivity contribution in [2.24, 2.45) is 7.05 Å². The van der Waals surface area contributed by atoms with Gasteiger partial charge in [-0.05, 0) is 30.7 Å². The van der Waals surface area contributed by atoms with Crippen molar-refractivity contribution in [3.8, 4) is 11.5 Å². The number of aryl methyl sites for hydroxylation is 1. The van der Waals surface area contributed by atoms with E-state index in [9.17, 15) is 9.59 Å². The molecule has 2 heterocycles. The quantitative estimate of drug-likeness (QED) is 0.330. The number of carbonyl (C=O) groups excluding carboxylic acids is 2. The highest BCUT2D eigenvalue weighted by atomic mass is 32.2. The minimum atomic E-state index is -0.278. The first-order chi connectivity index (χ1) is 15.9. The van der Waals surface area contributed by atoms with Crippen LogP contribution in [0.3, 0.4) is 0 Å². The summed E-state index contributed by atoms with van der Waals surface area (Å²) < 4.78 is 12.2. The zero-order valence-corrected chi connectivity index (χ0v) is 20.2. The highest BCUT2D eigenvalue weighted by molar-refractivity contribution is 7.99. The van der Waals surface area contributed by atoms with E-state index < -0.39 is 0 Å². The molecule has 174 valence electrons. The molecule has 0 atom stereocenters. The van der Waals surface area contributed by atoms with Crippen LogP contribution in [0.2, 0.25) is 0 Å². The van der Waals surface area contributed by atoms with Gasteiger partial charge in [-0.2, -0.15) is 0 Å². The molecule has 0 fully saturated rings. The first-order valence-electron chi connectivity index (χ1n) is 9.80. The Balaban J connectivity index is 1.49. The molecule has 10 nitrogen and oxygen atoms in total. The Kier molecular flexibility index (Phi) is 8.44. The monoisotopic (exact) mass is 488 g/mol. The van der Waals surface area contributed by atoms with E-state index >= 15 is 0 Å². The van der Waals surface area contributed by atoms with E-state index in [1.165, 1.54) is 29.2 Å². The summed E-state index contributed by atoms with van der Waals surface area (Å²) in [4.78, 5) is 28.5. The topological polar surface area (TPSA) is 120 Å². The average molecular weight is 489 g/mol. The lowest BCUT2D eigenvalue weighted by atomic mass is 10.2. The number of nitrogens with zero attached hydrogens (tertiary/aromatic N) is 4. The summed E-state index contributed by atoms with van der Waals surface area (Å²) in [5, 5.41) is 16.7. The number of aromatic nitrogens is 4. The van der Waals surface area contributed by atoms with E-state index in [1.54, 1.807) is 44.0 Å². The summed E-state index contributed by atoms with van der Waals surface area (Å²) in [6, 6.07) is 5.37. The molecular weight excluding hydrogens is 464 g/mol. The van der Waals surface area contributed by atoms with E-state index in [2.05, 4.69) is 25.8 Å². The van der Waals surface area contributed by atoms with Crippen molar-refractivity contribution >= 4 is 46.1 Å². The Morgan fingerprint density at radius 3 is 2.70 bits per heavy atom. The molecule has 0 bridgehead atoms. The first-order valence-corrected chi connectivity index (χ1v) is 11.7. The number of thiazole rings is 1. The Morgan fingerprint density at radius 2 is 2.00 bits per heavy atom. The summed E-state index contributed by atoms with van der Waals surface area (Å²) in [7, 11) is 4.90. The maximum atomic E-state index is 12.2. The maximum absolute atomic E-state index is 12.2. The van der Waals surface area contributed by atoms with E-state index in [4.69, 9.17) is 9.47 Å². The van der Waals surface area contributed by atoms with Crippen LogP contribution in [-0.4, -0.2) is 51.5 Å². The molecule has 0 aliphatic rings. The van der Waals surface area contributed by atoms with Gasteiger partial charge in [-0.3, -0.25) is 9.59 Å². The van der Waals surface area contributed by atoms with Crippen LogP contribution >= 0.6 is 23.1 Å². The first kappa shape index (κ1) is 24.3. The smallest absolute Gasteiger partial charge is 0.244 e. The number of methoxy groups -OCH3 is 2. The van der Waals surface area contributed by atoms with Gasteiger partial charge in [-0.1, -0.05) is 17.8 Å². The highest BCUT2D eigenvalue weighted by Crippen LogP contribution is 2.28. The highest BCUT2D eigenvalue weighted by Gasteiger charge is 2.13. The molecule has 0 saturated heterocycles. The number of benzene rings is 1. The van der Waals surface area contributed by atoms with Crippen molar-refractivity contribution < 1.29 is 19.1 Å². The maximum Gasteiger partial charge on any atom is 0.244 e. The molecule has 12 heteroatoms. The predicted molar refractivity (Wildman–Crippen MR) is 128 cm³/mol. The molecule has 1 aromatic carbocycles. The van der Waals surface area contributed by atoms with Gasteiger partial charge in [0.25, 0.3) is 0 Å². The van der Waals surface area contributed by atoms with Gasteiger partial charge in [-0.15, -0.1) is 21.5 Å². The lowest BCUT2D eigenvalue weighted by Crippen LogP contribution is -2.22.